The topological polar surface area (TPSA) is 49.3 Å². The zero-order valence-corrected chi connectivity index (χ0v) is 12.9. The van der Waals surface area contributed by atoms with E-state index in [1.54, 1.807) is 0 Å². The van der Waals surface area contributed by atoms with Gasteiger partial charge in [0.15, 0.2) is 11.6 Å². The molecule has 20 heavy (non-hydrogen) atoms. The molecular weight excluding hydrogens is 278 g/mol. The molecule has 0 aromatic carbocycles. The summed E-state index contributed by atoms with van der Waals surface area (Å²) in [5, 5.41) is 2.44. The zero-order chi connectivity index (χ0) is 14.5. The van der Waals surface area contributed by atoms with Crippen LogP contribution in [0.25, 0.3) is 0 Å². The maximum atomic E-state index is 6.03. The monoisotopic (exact) mass is 297 g/mol. The van der Waals surface area contributed by atoms with Crippen molar-refractivity contribution in [3.05, 3.63) is 11.6 Å². The summed E-state index contributed by atoms with van der Waals surface area (Å²) in [6, 6.07) is -0.195. The van der Waals surface area contributed by atoms with Gasteiger partial charge in [0.25, 0.3) is 0 Å². The van der Waals surface area contributed by atoms with Crippen LogP contribution in [-0.4, -0.2) is 47.7 Å². The van der Waals surface area contributed by atoms with E-state index in [0.717, 1.165) is 5.57 Å². The first-order valence-corrected chi connectivity index (χ1v) is 7.17. The van der Waals surface area contributed by atoms with E-state index in [9.17, 15) is 0 Å². The Hall–Kier alpha value is -0.620. The first-order chi connectivity index (χ1) is 9.31. The molecule has 0 amide bonds. The molecule has 110 valence electrons. The molecular formula is C14H19NO4S. The summed E-state index contributed by atoms with van der Waals surface area (Å²) in [6.45, 7) is 8.11. The summed E-state index contributed by atoms with van der Waals surface area (Å²) in [7, 11) is 0. The molecule has 0 radical (unpaired) electrons. The molecule has 2 fully saturated rings. The molecule has 0 bridgehead atoms. The van der Waals surface area contributed by atoms with Gasteiger partial charge in [-0.05, 0) is 45.5 Å². The molecule has 0 aromatic rings. The van der Waals surface area contributed by atoms with Crippen molar-refractivity contribution in [3.8, 4) is 0 Å². The number of aliphatic imine (C=N–C) groups is 1. The van der Waals surface area contributed by atoms with Crippen LogP contribution >= 0.6 is 12.2 Å². The van der Waals surface area contributed by atoms with Crippen molar-refractivity contribution in [1.29, 1.82) is 0 Å². The van der Waals surface area contributed by atoms with E-state index < -0.39 is 11.6 Å². The lowest BCUT2D eigenvalue weighted by Gasteiger charge is -2.43. The quantitative estimate of drug-likeness (QED) is 0.421. The Balaban J connectivity index is 1.96. The van der Waals surface area contributed by atoms with Crippen molar-refractivity contribution in [2.24, 2.45) is 4.99 Å². The van der Waals surface area contributed by atoms with Gasteiger partial charge in [0.2, 0.25) is 0 Å². The van der Waals surface area contributed by atoms with Crippen molar-refractivity contribution < 1.29 is 18.9 Å². The highest BCUT2D eigenvalue weighted by Gasteiger charge is 2.54. The van der Waals surface area contributed by atoms with Gasteiger partial charge < -0.3 is 18.9 Å². The van der Waals surface area contributed by atoms with Crippen LogP contribution in [0.3, 0.4) is 0 Å². The molecule has 4 atom stereocenters. The number of thiocarbonyl (C=S) groups is 1. The highest BCUT2D eigenvalue weighted by atomic mass is 32.1. The number of fused-ring (bicyclic) bond motifs is 3. The lowest BCUT2D eigenvalue weighted by atomic mass is 9.87. The predicted octanol–water partition coefficient (Wildman–Crippen LogP) is 2.07. The Labute approximate surface area is 123 Å². The maximum absolute atomic E-state index is 6.03. The van der Waals surface area contributed by atoms with Gasteiger partial charge in [-0.2, -0.15) is 0 Å². The molecule has 2 aliphatic heterocycles. The first kappa shape index (κ1) is 14.3. The summed E-state index contributed by atoms with van der Waals surface area (Å²) in [4.78, 5) is 4.19. The number of isothiocyanates is 1. The van der Waals surface area contributed by atoms with Gasteiger partial charge in [-0.1, -0.05) is 6.08 Å². The van der Waals surface area contributed by atoms with Gasteiger partial charge in [0.1, 0.15) is 24.4 Å². The Morgan fingerprint density at radius 3 is 2.55 bits per heavy atom. The van der Waals surface area contributed by atoms with Crippen LogP contribution in [0.1, 0.15) is 27.7 Å². The summed E-state index contributed by atoms with van der Waals surface area (Å²) < 4.78 is 23.7. The number of ether oxygens (including phenoxy) is 4. The van der Waals surface area contributed by atoms with E-state index in [-0.39, 0.29) is 24.4 Å². The van der Waals surface area contributed by atoms with Gasteiger partial charge in [0, 0.05) is 0 Å². The molecule has 0 saturated carbocycles. The Bertz CT molecular complexity index is 495. The Morgan fingerprint density at radius 1 is 1.15 bits per heavy atom. The van der Waals surface area contributed by atoms with Crippen molar-refractivity contribution in [1.82, 2.24) is 0 Å². The zero-order valence-electron chi connectivity index (χ0n) is 12.1. The molecule has 1 aliphatic carbocycles. The third-order valence-corrected chi connectivity index (χ3v) is 3.85. The summed E-state index contributed by atoms with van der Waals surface area (Å²) in [5.41, 5.74) is 1.03. The fourth-order valence-corrected chi connectivity index (χ4v) is 3.10. The summed E-state index contributed by atoms with van der Waals surface area (Å²) in [6.07, 6.45) is 1.43. The van der Waals surface area contributed by atoms with Gasteiger partial charge in [-0.3, -0.25) is 0 Å². The lowest BCUT2D eigenvalue weighted by Crippen LogP contribution is -2.54. The lowest BCUT2D eigenvalue weighted by molar-refractivity contribution is -0.273. The molecule has 2 heterocycles. The second kappa shape index (κ2) is 4.70. The molecule has 0 spiro atoms. The molecule has 2 saturated heterocycles. The first-order valence-electron chi connectivity index (χ1n) is 6.76. The highest BCUT2D eigenvalue weighted by Crippen LogP contribution is 2.42. The van der Waals surface area contributed by atoms with Crippen LogP contribution in [0, 0.1) is 0 Å². The minimum Gasteiger partial charge on any atom is -0.346 e. The van der Waals surface area contributed by atoms with Crippen molar-refractivity contribution in [2.75, 3.05) is 6.61 Å². The minimum absolute atomic E-state index is 0.165. The van der Waals surface area contributed by atoms with E-state index in [4.69, 9.17) is 31.2 Å². The molecule has 6 heteroatoms. The van der Waals surface area contributed by atoms with Gasteiger partial charge >= 0.3 is 0 Å². The van der Waals surface area contributed by atoms with Crippen LogP contribution in [0.4, 0.5) is 0 Å². The van der Waals surface area contributed by atoms with E-state index in [1.165, 1.54) is 0 Å². The molecule has 0 aromatic heterocycles. The van der Waals surface area contributed by atoms with Gasteiger partial charge in [-0.15, -0.1) is 0 Å². The number of hydrogen-bond acceptors (Lipinski definition) is 6. The fourth-order valence-electron chi connectivity index (χ4n) is 2.98. The number of hydrogen-bond donors (Lipinski definition) is 0. The van der Waals surface area contributed by atoms with Gasteiger partial charge in [0.05, 0.1) is 11.8 Å². The molecule has 0 N–H and O–H groups in total. The SMILES string of the molecule is CC1(C)O[C@@H]2[C@@H](O1)[C@@H]1OC(C)(C)OCC1=C[C@@H]2N=C=S. The smallest absolute Gasteiger partial charge is 0.164 e. The minimum atomic E-state index is -0.653. The van der Waals surface area contributed by atoms with Crippen molar-refractivity contribution >= 4 is 17.4 Å². The largest absolute Gasteiger partial charge is 0.346 e. The van der Waals surface area contributed by atoms with E-state index in [0.29, 0.717) is 6.61 Å². The molecule has 0 unspecified atom stereocenters. The van der Waals surface area contributed by atoms with E-state index in [2.05, 4.69) is 10.2 Å². The average molecular weight is 297 g/mol. The summed E-state index contributed by atoms with van der Waals surface area (Å²) >= 11 is 4.73. The Kier molecular flexibility index (Phi) is 3.36. The van der Waals surface area contributed by atoms with E-state index >= 15 is 0 Å². The number of nitrogens with zero attached hydrogens (tertiary/aromatic N) is 1. The third-order valence-electron chi connectivity index (χ3n) is 3.75. The molecule has 3 aliphatic rings. The standard InChI is InChI=1S/C14H19NO4S/c1-13(2)16-6-8-5-9(15-7-20)11-12(10(8)17-13)19-14(3,4)18-11/h5,9-12H,6H2,1-4H3/t9-,10+,11-,12-/m0/s1. The van der Waals surface area contributed by atoms with Crippen LogP contribution in [-0.2, 0) is 18.9 Å². The molecule has 3 rings (SSSR count). The van der Waals surface area contributed by atoms with E-state index in [1.807, 2.05) is 33.8 Å². The van der Waals surface area contributed by atoms with Crippen LogP contribution < -0.4 is 0 Å². The number of rotatable bonds is 1. The second-order valence-electron chi connectivity index (χ2n) is 6.24. The van der Waals surface area contributed by atoms with Crippen LogP contribution in [0.15, 0.2) is 16.6 Å². The Morgan fingerprint density at radius 2 is 1.85 bits per heavy atom. The van der Waals surface area contributed by atoms with Crippen molar-refractivity contribution in [3.63, 3.8) is 0 Å². The summed E-state index contributed by atoms with van der Waals surface area (Å²) in [5.74, 6) is -1.28. The second-order valence-corrected chi connectivity index (χ2v) is 6.43. The third kappa shape index (κ3) is 2.48. The van der Waals surface area contributed by atoms with Crippen LogP contribution in [0.5, 0.6) is 0 Å². The van der Waals surface area contributed by atoms with Crippen molar-refractivity contribution in [2.45, 2.75) is 63.6 Å². The van der Waals surface area contributed by atoms with Crippen LogP contribution in [0.2, 0.25) is 0 Å². The van der Waals surface area contributed by atoms with Gasteiger partial charge in [-0.25, -0.2) is 4.99 Å². The highest BCUT2D eigenvalue weighted by molar-refractivity contribution is 7.78. The fraction of sp³-hybridized carbons (Fsp3) is 0.786. The molecule has 5 nitrogen and oxygen atoms in total. The predicted molar refractivity (Wildman–Crippen MR) is 75.6 cm³/mol. The average Bonchev–Trinajstić information content (AvgIpc) is 2.66. The normalized spacial score (nSPS) is 41.1. The maximum Gasteiger partial charge on any atom is 0.164 e.